The Labute approximate surface area is 110 Å². The van der Waals surface area contributed by atoms with Crippen molar-refractivity contribution in [1.29, 1.82) is 0 Å². The standard InChI is InChI=1S/C13H16N2O4/c1-18-13(17)7-19-6-10(14)8-2-3-11-9(4-8)5-12(16)15-11/h2-4,10H,5-7,14H2,1H3,(H,15,16). The highest BCUT2D eigenvalue weighted by Crippen LogP contribution is 2.25. The summed E-state index contributed by atoms with van der Waals surface area (Å²) in [4.78, 5) is 22.1. The largest absolute Gasteiger partial charge is 0.467 e. The van der Waals surface area contributed by atoms with E-state index in [2.05, 4.69) is 10.1 Å². The van der Waals surface area contributed by atoms with Crippen molar-refractivity contribution in [2.45, 2.75) is 12.5 Å². The number of ether oxygens (including phenoxy) is 2. The van der Waals surface area contributed by atoms with Gasteiger partial charge in [-0.25, -0.2) is 4.79 Å². The Kier molecular flexibility index (Phi) is 4.13. The first-order chi connectivity index (χ1) is 9.10. The highest BCUT2D eigenvalue weighted by Gasteiger charge is 2.19. The Balaban J connectivity index is 1.93. The van der Waals surface area contributed by atoms with E-state index < -0.39 is 5.97 Å². The van der Waals surface area contributed by atoms with Crippen LogP contribution in [0.4, 0.5) is 5.69 Å². The van der Waals surface area contributed by atoms with Gasteiger partial charge < -0.3 is 20.5 Å². The molecule has 1 atom stereocenters. The smallest absolute Gasteiger partial charge is 0.331 e. The van der Waals surface area contributed by atoms with Gasteiger partial charge in [-0.2, -0.15) is 0 Å². The maximum atomic E-state index is 11.2. The zero-order valence-corrected chi connectivity index (χ0v) is 10.6. The molecular formula is C13H16N2O4. The molecule has 0 aliphatic carbocycles. The van der Waals surface area contributed by atoms with Gasteiger partial charge in [0, 0.05) is 5.69 Å². The predicted octanol–water partition coefficient (Wildman–Crippen LogP) is 0.371. The zero-order chi connectivity index (χ0) is 13.8. The number of rotatable bonds is 5. The van der Waals surface area contributed by atoms with Crippen LogP contribution in [0, 0.1) is 0 Å². The normalized spacial score (nSPS) is 14.7. The van der Waals surface area contributed by atoms with Crippen molar-refractivity contribution in [3.63, 3.8) is 0 Å². The lowest BCUT2D eigenvalue weighted by Gasteiger charge is -2.13. The van der Waals surface area contributed by atoms with Crippen molar-refractivity contribution in [1.82, 2.24) is 0 Å². The average Bonchev–Trinajstić information content (AvgIpc) is 2.77. The van der Waals surface area contributed by atoms with Crippen LogP contribution in [0.2, 0.25) is 0 Å². The lowest BCUT2D eigenvalue weighted by molar-refractivity contribution is -0.146. The summed E-state index contributed by atoms with van der Waals surface area (Å²) < 4.78 is 9.62. The quantitative estimate of drug-likeness (QED) is 0.750. The molecule has 0 aromatic heterocycles. The van der Waals surface area contributed by atoms with Crippen LogP contribution in [-0.4, -0.2) is 32.2 Å². The maximum Gasteiger partial charge on any atom is 0.331 e. The highest BCUT2D eigenvalue weighted by atomic mass is 16.6. The van der Waals surface area contributed by atoms with E-state index in [0.29, 0.717) is 6.42 Å². The monoisotopic (exact) mass is 264 g/mol. The van der Waals surface area contributed by atoms with Crippen LogP contribution in [0.15, 0.2) is 18.2 Å². The molecule has 1 aliphatic heterocycles. The maximum absolute atomic E-state index is 11.2. The Morgan fingerprint density at radius 2 is 2.32 bits per heavy atom. The minimum Gasteiger partial charge on any atom is -0.467 e. The number of anilines is 1. The fraction of sp³-hybridized carbons (Fsp3) is 0.385. The highest BCUT2D eigenvalue weighted by molar-refractivity contribution is 5.99. The van der Waals surface area contributed by atoms with Crippen molar-refractivity contribution in [2.75, 3.05) is 25.6 Å². The molecule has 0 bridgehead atoms. The van der Waals surface area contributed by atoms with Gasteiger partial charge in [0.15, 0.2) is 0 Å². The van der Waals surface area contributed by atoms with Gasteiger partial charge in [-0.1, -0.05) is 12.1 Å². The molecule has 1 heterocycles. The van der Waals surface area contributed by atoms with Crippen LogP contribution >= 0.6 is 0 Å². The van der Waals surface area contributed by atoms with E-state index in [-0.39, 0.29) is 25.2 Å². The average molecular weight is 264 g/mol. The fourth-order valence-corrected chi connectivity index (χ4v) is 1.90. The molecule has 0 fully saturated rings. The van der Waals surface area contributed by atoms with Crippen LogP contribution in [0.25, 0.3) is 0 Å². The third kappa shape index (κ3) is 3.30. The van der Waals surface area contributed by atoms with Gasteiger partial charge >= 0.3 is 5.97 Å². The molecule has 1 aromatic rings. The van der Waals surface area contributed by atoms with Gasteiger partial charge in [0.25, 0.3) is 0 Å². The lowest BCUT2D eigenvalue weighted by atomic mass is 10.0. The number of nitrogens with two attached hydrogens (primary N) is 1. The third-order valence-electron chi connectivity index (χ3n) is 2.93. The molecule has 19 heavy (non-hydrogen) atoms. The second-order valence-corrected chi connectivity index (χ2v) is 4.34. The predicted molar refractivity (Wildman–Crippen MR) is 68.5 cm³/mol. The van der Waals surface area contributed by atoms with E-state index in [1.165, 1.54) is 7.11 Å². The first kappa shape index (κ1) is 13.5. The van der Waals surface area contributed by atoms with E-state index in [4.69, 9.17) is 10.5 Å². The number of nitrogens with one attached hydrogen (secondary N) is 1. The molecule has 6 nitrogen and oxygen atoms in total. The molecule has 1 amide bonds. The molecule has 0 saturated carbocycles. The zero-order valence-electron chi connectivity index (χ0n) is 10.6. The Morgan fingerprint density at radius 1 is 1.53 bits per heavy atom. The van der Waals surface area contributed by atoms with Gasteiger partial charge in [0.2, 0.25) is 5.91 Å². The first-order valence-electron chi connectivity index (χ1n) is 5.93. The topological polar surface area (TPSA) is 90.7 Å². The number of fused-ring (bicyclic) bond motifs is 1. The second-order valence-electron chi connectivity index (χ2n) is 4.34. The van der Waals surface area contributed by atoms with Gasteiger partial charge in [-0.05, 0) is 17.2 Å². The number of esters is 1. The summed E-state index contributed by atoms with van der Waals surface area (Å²) in [5, 5.41) is 2.76. The van der Waals surface area contributed by atoms with E-state index >= 15 is 0 Å². The molecule has 0 spiro atoms. The van der Waals surface area contributed by atoms with Crippen LogP contribution in [0.3, 0.4) is 0 Å². The van der Waals surface area contributed by atoms with E-state index in [0.717, 1.165) is 16.8 Å². The molecule has 0 saturated heterocycles. The van der Waals surface area contributed by atoms with Crippen molar-refractivity contribution in [2.24, 2.45) is 5.73 Å². The van der Waals surface area contributed by atoms with E-state index in [1.807, 2.05) is 18.2 Å². The van der Waals surface area contributed by atoms with Crippen LogP contribution in [0.5, 0.6) is 0 Å². The number of carbonyl (C=O) groups is 2. The summed E-state index contributed by atoms with van der Waals surface area (Å²) in [6.45, 7) is 0.102. The minimum absolute atomic E-state index is 0.0114. The van der Waals surface area contributed by atoms with E-state index in [9.17, 15) is 9.59 Å². The van der Waals surface area contributed by atoms with Crippen molar-refractivity contribution in [3.8, 4) is 0 Å². The molecule has 2 rings (SSSR count). The molecule has 1 aromatic carbocycles. The number of hydrogen-bond acceptors (Lipinski definition) is 5. The molecule has 1 unspecified atom stereocenters. The third-order valence-corrected chi connectivity index (χ3v) is 2.93. The minimum atomic E-state index is -0.434. The Bertz CT molecular complexity index is 501. The van der Waals surface area contributed by atoms with E-state index in [1.54, 1.807) is 0 Å². The van der Waals surface area contributed by atoms with Crippen LogP contribution in [0.1, 0.15) is 17.2 Å². The van der Waals surface area contributed by atoms with Gasteiger partial charge in [0.05, 0.1) is 26.2 Å². The summed E-state index contributed by atoms with van der Waals surface area (Å²) in [5.41, 5.74) is 8.61. The van der Waals surface area contributed by atoms with Gasteiger partial charge in [0.1, 0.15) is 6.61 Å². The molecule has 1 aliphatic rings. The van der Waals surface area contributed by atoms with Gasteiger partial charge in [-0.3, -0.25) is 4.79 Å². The summed E-state index contributed by atoms with van der Waals surface area (Å²) in [5.74, 6) is -0.446. The summed E-state index contributed by atoms with van der Waals surface area (Å²) in [6, 6.07) is 5.22. The fourth-order valence-electron chi connectivity index (χ4n) is 1.90. The Morgan fingerprint density at radius 3 is 3.05 bits per heavy atom. The second kappa shape index (κ2) is 5.81. The number of methoxy groups -OCH3 is 1. The number of hydrogen-bond donors (Lipinski definition) is 2. The summed E-state index contributed by atoms with van der Waals surface area (Å²) in [7, 11) is 1.30. The summed E-state index contributed by atoms with van der Waals surface area (Å²) in [6.07, 6.45) is 0.374. The number of amides is 1. The number of benzene rings is 1. The molecule has 3 N–H and O–H groups in total. The molecule has 0 radical (unpaired) electrons. The molecule has 102 valence electrons. The first-order valence-corrected chi connectivity index (χ1v) is 5.93. The van der Waals surface area contributed by atoms with Gasteiger partial charge in [-0.15, -0.1) is 0 Å². The number of carbonyl (C=O) groups excluding carboxylic acids is 2. The van der Waals surface area contributed by atoms with Crippen molar-refractivity contribution in [3.05, 3.63) is 29.3 Å². The lowest BCUT2D eigenvalue weighted by Crippen LogP contribution is -2.20. The van der Waals surface area contributed by atoms with Crippen molar-refractivity contribution >= 4 is 17.6 Å². The van der Waals surface area contributed by atoms with Crippen LogP contribution in [-0.2, 0) is 25.5 Å². The SMILES string of the molecule is COC(=O)COCC(N)c1ccc2c(c1)CC(=O)N2. The molecule has 6 heteroatoms. The summed E-state index contributed by atoms with van der Waals surface area (Å²) >= 11 is 0. The van der Waals surface area contributed by atoms with Crippen molar-refractivity contribution < 1.29 is 19.1 Å². The molecular weight excluding hydrogens is 248 g/mol. The Hall–Kier alpha value is -1.92. The van der Waals surface area contributed by atoms with Crippen LogP contribution < -0.4 is 11.1 Å².